The quantitative estimate of drug-likeness (QED) is 0.759. The largest absolute Gasteiger partial charge is 0.461 e. The molecule has 2 nitrogen and oxygen atoms in total. The van der Waals surface area contributed by atoms with Gasteiger partial charge in [0.15, 0.2) is 0 Å². The third-order valence-corrected chi connectivity index (χ3v) is 3.16. The Hall–Kier alpha value is -1.28. The molecule has 0 aliphatic rings. The zero-order chi connectivity index (χ0) is 12.1. The van der Waals surface area contributed by atoms with Crippen LogP contribution in [0.4, 0.5) is 0 Å². The number of furan rings is 1. The van der Waals surface area contributed by atoms with Crippen LogP contribution in [0.2, 0.25) is 0 Å². The van der Waals surface area contributed by atoms with Gasteiger partial charge in [0, 0.05) is 17.5 Å². The molecule has 0 aliphatic carbocycles. The normalized spacial score (nSPS) is 11.2. The highest BCUT2D eigenvalue weighted by atomic mass is 16.3. The molecule has 1 N–H and O–H groups in total. The number of rotatable bonds is 6. The summed E-state index contributed by atoms with van der Waals surface area (Å²) >= 11 is 0. The first-order valence-corrected chi connectivity index (χ1v) is 6.50. The van der Waals surface area contributed by atoms with Gasteiger partial charge in [-0.1, -0.05) is 38.0 Å². The second-order valence-corrected chi connectivity index (χ2v) is 4.52. The predicted molar refractivity (Wildman–Crippen MR) is 72.2 cm³/mol. The molecule has 1 heterocycles. The first kappa shape index (κ1) is 12.2. The Morgan fingerprint density at radius 3 is 2.82 bits per heavy atom. The van der Waals surface area contributed by atoms with Gasteiger partial charge in [0.25, 0.3) is 0 Å². The van der Waals surface area contributed by atoms with Crippen LogP contribution in [0.3, 0.4) is 0 Å². The summed E-state index contributed by atoms with van der Waals surface area (Å²) in [6.45, 7) is 6.27. The number of hydrogen-bond donors (Lipinski definition) is 1. The standard InChI is InChI=1S/C15H21NO/c1-3-4-7-10-16-11-14-12(2)17-15-9-6-5-8-13(14)15/h5-6,8-9,16H,3-4,7,10-11H2,1-2H3. The number of para-hydroxylation sites is 1. The van der Waals surface area contributed by atoms with E-state index in [2.05, 4.69) is 24.4 Å². The molecule has 0 fully saturated rings. The van der Waals surface area contributed by atoms with Gasteiger partial charge >= 0.3 is 0 Å². The Bertz CT molecular complexity index is 473. The summed E-state index contributed by atoms with van der Waals surface area (Å²) in [4.78, 5) is 0. The van der Waals surface area contributed by atoms with E-state index in [0.29, 0.717) is 0 Å². The molecule has 0 radical (unpaired) electrons. The van der Waals surface area contributed by atoms with E-state index >= 15 is 0 Å². The van der Waals surface area contributed by atoms with E-state index in [-0.39, 0.29) is 0 Å². The average molecular weight is 231 g/mol. The summed E-state index contributed by atoms with van der Waals surface area (Å²) in [5, 5.41) is 4.74. The van der Waals surface area contributed by atoms with Gasteiger partial charge in [0.2, 0.25) is 0 Å². The molecule has 0 aliphatic heterocycles. The highest BCUT2D eigenvalue weighted by molar-refractivity contribution is 5.82. The Kier molecular flexibility index (Phi) is 4.21. The first-order chi connectivity index (χ1) is 8.33. The second-order valence-electron chi connectivity index (χ2n) is 4.52. The molecule has 0 saturated carbocycles. The van der Waals surface area contributed by atoms with Gasteiger partial charge in [-0.25, -0.2) is 0 Å². The van der Waals surface area contributed by atoms with Gasteiger partial charge in [-0.15, -0.1) is 0 Å². The Labute approximate surface area is 103 Å². The van der Waals surface area contributed by atoms with Crippen LogP contribution in [0.15, 0.2) is 28.7 Å². The molecule has 0 atom stereocenters. The molecule has 0 amide bonds. The van der Waals surface area contributed by atoms with Crippen molar-refractivity contribution in [1.82, 2.24) is 5.32 Å². The Morgan fingerprint density at radius 2 is 2.00 bits per heavy atom. The van der Waals surface area contributed by atoms with Crippen molar-refractivity contribution in [2.75, 3.05) is 6.54 Å². The zero-order valence-corrected chi connectivity index (χ0v) is 10.8. The van der Waals surface area contributed by atoms with Crippen molar-refractivity contribution in [2.24, 2.45) is 0 Å². The smallest absolute Gasteiger partial charge is 0.134 e. The second kappa shape index (κ2) is 5.87. The number of fused-ring (bicyclic) bond motifs is 1. The van der Waals surface area contributed by atoms with Gasteiger partial charge in [0.1, 0.15) is 11.3 Å². The minimum absolute atomic E-state index is 0.909. The number of nitrogens with one attached hydrogen (secondary N) is 1. The number of aryl methyl sites for hydroxylation is 1. The number of hydrogen-bond acceptors (Lipinski definition) is 2. The molecule has 0 saturated heterocycles. The van der Waals surface area contributed by atoms with Crippen molar-refractivity contribution in [2.45, 2.75) is 39.7 Å². The average Bonchev–Trinajstić information content (AvgIpc) is 2.65. The number of unbranched alkanes of at least 4 members (excludes halogenated alkanes) is 2. The van der Waals surface area contributed by atoms with E-state index in [1.807, 2.05) is 19.1 Å². The molecule has 0 bridgehead atoms. The molecule has 2 aromatic rings. The molecule has 92 valence electrons. The highest BCUT2D eigenvalue weighted by Crippen LogP contribution is 2.24. The van der Waals surface area contributed by atoms with Crippen molar-refractivity contribution in [3.8, 4) is 0 Å². The van der Waals surface area contributed by atoms with E-state index in [1.165, 1.54) is 30.2 Å². The number of benzene rings is 1. The van der Waals surface area contributed by atoms with Crippen LogP contribution in [0.25, 0.3) is 11.0 Å². The summed E-state index contributed by atoms with van der Waals surface area (Å²) in [6.07, 6.45) is 3.83. The van der Waals surface area contributed by atoms with E-state index in [1.54, 1.807) is 0 Å². The Morgan fingerprint density at radius 1 is 1.18 bits per heavy atom. The molecular weight excluding hydrogens is 210 g/mol. The minimum atomic E-state index is 0.909. The lowest BCUT2D eigenvalue weighted by Gasteiger charge is -2.03. The van der Waals surface area contributed by atoms with Crippen LogP contribution >= 0.6 is 0 Å². The van der Waals surface area contributed by atoms with Gasteiger partial charge in [-0.2, -0.15) is 0 Å². The molecule has 2 rings (SSSR count). The van der Waals surface area contributed by atoms with Crippen LogP contribution in [-0.4, -0.2) is 6.54 Å². The van der Waals surface area contributed by atoms with Crippen molar-refractivity contribution >= 4 is 11.0 Å². The van der Waals surface area contributed by atoms with Crippen molar-refractivity contribution in [3.63, 3.8) is 0 Å². The molecular formula is C15H21NO. The van der Waals surface area contributed by atoms with Crippen molar-refractivity contribution in [1.29, 1.82) is 0 Å². The lowest BCUT2D eigenvalue weighted by molar-refractivity contribution is 0.560. The van der Waals surface area contributed by atoms with E-state index in [0.717, 1.165) is 24.4 Å². The maximum atomic E-state index is 5.74. The Balaban J connectivity index is 2.00. The monoisotopic (exact) mass is 231 g/mol. The summed E-state index contributed by atoms with van der Waals surface area (Å²) in [7, 11) is 0. The van der Waals surface area contributed by atoms with Gasteiger partial charge < -0.3 is 9.73 Å². The molecule has 1 aromatic carbocycles. The summed E-state index contributed by atoms with van der Waals surface area (Å²) in [5.74, 6) is 1.04. The highest BCUT2D eigenvalue weighted by Gasteiger charge is 2.08. The SMILES string of the molecule is CCCCCNCc1c(C)oc2ccccc12. The predicted octanol–water partition coefficient (Wildman–Crippen LogP) is 4.02. The third-order valence-electron chi connectivity index (χ3n) is 3.16. The molecule has 0 spiro atoms. The first-order valence-electron chi connectivity index (χ1n) is 6.50. The van der Waals surface area contributed by atoms with Crippen LogP contribution < -0.4 is 5.32 Å². The third kappa shape index (κ3) is 2.89. The molecule has 17 heavy (non-hydrogen) atoms. The van der Waals surface area contributed by atoms with Crippen molar-refractivity contribution < 1.29 is 4.42 Å². The lowest BCUT2D eigenvalue weighted by Crippen LogP contribution is -2.14. The molecule has 1 aromatic heterocycles. The van der Waals surface area contributed by atoms with Crippen LogP contribution in [0, 0.1) is 6.92 Å². The van der Waals surface area contributed by atoms with Gasteiger partial charge in [-0.05, 0) is 26.0 Å². The zero-order valence-electron chi connectivity index (χ0n) is 10.8. The van der Waals surface area contributed by atoms with Gasteiger partial charge in [0.05, 0.1) is 0 Å². The van der Waals surface area contributed by atoms with Crippen molar-refractivity contribution in [3.05, 3.63) is 35.6 Å². The lowest BCUT2D eigenvalue weighted by atomic mass is 10.1. The van der Waals surface area contributed by atoms with Gasteiger partial charge in [-0.3, -0.25) is 0 Å². The van der Waals surface area contributed by atoms with Crippen LogP contribution in [0.1, 0.15) is 37.5 Å². The van der Waals surface area contributed by atoms with E-state index < -0.39 is 0 Å². The summed E-state index contributed by atoms with van der Waals surface area (Å²) < 4.78 is 5.74. The molecule has 2 heteroatoms. The maximum absolute atomic E-state index is 5.74. The maximum Gasteiger partial charge on any atom is 0.134 e. The van der Waals surface area contributed by atoms with Crippen LogP contribution in [-0.2, 0) is 6.54 Å². The summed E-state index contributed by atoms with van der Waals surface area (Å²) in [6, 6.07) is 8.25. The topological polar surface area (TPSA) is 25.2 Å². The fourth-order valence-electron chi connectivity index (χ4n) is 2.15. The summed E-state index contributed by atoms with van der Waals surface area (Å²) in [5.41, 5.74) is 2.30. The fraction of sp³-hybridized carbons (Fsp3) is 0.467. The van der Waals surface area contributed by atoms with Crippen LogP contribution in [0.5, 0.6) is 0 Å². The fourth-order valence-corrected chi connectivity index (χ4v) is 2.15. The van der Waals surface area contributed by atoms with E-state index in [4.69, 9.17) is 4.42 Å². The van der Waals surface area contributed by atoms with E-state index in [9.17, 15) is 0 Å². The molecule has 0 unspecified atom stereocenters. The minimum Gasteiger partial charge on any atom is -0.461 e.